The first-order chi connectivity index (χ1) is 13.0. The molecule has 0 saturated carbocycles. The van der Waals surface area contributed by atoms with E-state index in [1.165, 1.54) is 4.88 Å². The van der Waals surface area contributed by atoms with Crippen LogP contribution in [0.25, 0.3) is 0 Å². The highest BCUT2D eigenvalue weighted by Crippen LogP contribution is 2.27. The Labute approximate surface area is 166 Å². The van der Waals surface area contributed by atoms with Crippen molar-refractivity contribution in [3.05, 3.63) is 46.2 Å². The van der Waals surface area contributed by atoms with Crippen LogP contribution in [0.2, 0.25) is 0 Å². The number of thiophene rings is 1. The largest absolute Gasteiger partial charge is 0.493 e. The van der Waals surface area contributed by atoms with Gasteiger partial charge in [0, 0.05) is 17.3 Å². The normalized spacial score (nSPS) is 10.9. The number of ether oxygens (including phenoxy) is 2. The third-order valence-electron chi connectivity index (χ3n) is 4.35. The molecule has 0 saturated heterocycles. The number of benzene rings is 1. The van der Waals surface area contributed by atoms with Crippen LogP contribution in [0.5, 0.6) is 11.5 Å². The van der Waals surface area contributed by atoms with Gasteiger partial charge in [0.05, 0.1) is 27.3 Å². The summed E-state index contributed by atoms with van der Waals surface area (Å²) in [4.78, 5) is 15.9. The molecular weight excluding hydrogens is 360 g/mol. The summed E-state index contributed by atoms with van der Waals surface area (Å²) in [6, 6.07) is 10.0. The fraction of sp³-hybridized carbons (Fsp3) is 0.476. The van der Waals surface area contributed by atoms with Crippen LogP contribution in [0, 0.1) is 5.92 Å². The highest BCUT2D eigenvalue weighted by molar-refractivity contribution is 7.09. The van der Waals surface area contributed by atoms with Gasteiger partial charge in [0.25, 0.3) is 5.91 Å². The van der Waals surface area contributed by atoms with Crippen molar-refractivity contribution in [2.45, 2.75) is 26.8 Å². The molecule has 2 aromatic rings. The predicted octanol–water partition coefficient (Wildman–Crippen LogP) is 2.56. The summed E-state index contributed by atoms with van der Waals surface area (Å²) in [5.74, 6) is 2.20. The van der Waals surface area contributed by atoms with Crippen LogP contribution in [0.1, 0.15) is 24.3 Å². The Balaban J connectivity index is 2.01. The topological polar surface area (TPSA) is 55.4 Å². The van der Waals surface area contributed by atoms with Gasteiger partial charge in [-0.05, 0) is 35.6 Å². The Morgan fingerprint density at radius 1 is 1.19 bits per heavy atom. The van der Waals surface area contributed by atoms with Gasteiger partial charge in [0.15, 0.2) is 18.0 Å². The fourth-order valence-corrected chi connectivity index (χ4v) is 3.57. The monoisotopic (exact) mass is 391 g/mol. The van der Waals surface area contributed by atoms with Crippen molar-refractivity contribution in [2.75, 3.05) is 33.9 Å². The molecule has 0 bridgehead atoms. The Kier molecular flexibility index (Phi) is 8.61. The number of carbonyl (C=O) groups excluding carboxylic acids is 1. The lowest BCUT2D eigenvalue weighted by Crippen LogP contribution is -2.87. The maximum absolute atomic E-state index is 12.8. The van der Waals surface area contributed by atoms with Gasteiger partial charge in [-0.3, -0.25) is 4.79 Å². The summed E-state index contributed by atoms with van der Waals surface area (Å²) < 4.78 is 10.7. The van der Waals surface area contributed by atoms with Crippen molar-refractivity contribution in [1.82, 2.24) is 4.90 Å². The van der Waals surface area contributed by atoms with E-state index in [1.54, 1.807) is 25.6 Å². The third kappa shape index (κ3) is 6.88. The molecule has 2 N–H and O–H groups in total. The van der Waals surface area contributed by atoms with Crippen LogP contribution in [0.15, 0.2) is 35.7 Å². The minimum absolute atomic E-state index is 0.185. The van der Waals surface area contributed by atoms with E-state index >= 15 is 0 Å². The van der Waals surface area contributed by atoms with Crippen molar-refractivity contribution < 1.29 is 19.6 Å². The minimum atomic E-state index is 0.185. The SMILES string of the molecule is COc1ccc(CCN(Cc2cccs2)C(=O)C[NH2+]CC(C)C)cc1OC. The molecule has 0 aliphatic rings. The summed E-state index contributed by atoms with van der Waals surface area (Å²) in [5.41, 5.74) is 1.13. The number of nitrogens with two attached hydrogens (primary N) is 1. The molecule has 27 heavy (non-hydrogen) atoms. The third-order valence-corrected chi connectivity index (χ3v) is 5.22. The predicted molar refractivity (Wildman–Crippen MR) is 109 cm³/mol. The maximum Gasteiger partial charge on any atom is 0.278 e. The zero-order valence-corrected chi connectivity index (χ0v) is 17.6. The first kappa shape index (κ1) is 21.3. The van der Waals surface area contributed by atoms with E-state index in [9.17, 15) is 4.79 Å². The zero-order valence-electron chi connectivity index (χ0n) is 16.7. The molecule has 0 radical (unpaired) electrons. The number of amides is 1. The Hall–Kier alpha value is -2.05. The quantitative estimate of drug-likeness (QED) is 0.640. The maximum atomic E-state index is 12.8. The van der Waals surface area contributed by atoms with Crippen LogP contribution in [-0.4, -0.2) is 44.7 Å². The van der Waals surface area contributed by atoms with Gasteiger partial charge in [-0.25, -0.2) is 0 Å². The summed E-state index contributed by atoms with van der Waals surface area (Å²) in [6.07, 6.45) is 0.779. The van der Waals surface area contributed by atoms with Crippen molar-refractivity contribution >= 4 is 17.2 Å². The number of nitrogens with zero attached hydrogens (tertiary/aromatic N) is 1. The molecule has 1 aromatic carbocycles. The van der Waals surface area contributed by atoms with Gasteiger partial charge in [0.2, 0.25) is 0 Å². The van der Waals surface area contributed by atoms with Crippen LogP contribution >= 0.6 is 11.3 Å². The van der Waals surface area contributed by atoms with E-state index < -0.39 is 0 Å². The van der Waals surface area contributed by atoms with E-state index in [2.05, 4.69) is 30.6 Å². The second-order valence-electron chi connectivity index (χ2n) is 6.96. The second-order valence-corrected chi connectivity index (χ2v) is 7.99. The zero-order chi connectivity index (χ0) is 19.6. The van der Waals surface area contributed by atoms with Gasteiger partial charge in [0.1, 0.15) is 0 Å². The molecule has 0 unspecified atom stereocenters. The molecule has 0 spiro atoms. The van der Waals surface area contributed by atoms with Crippen molar-refractivity contribution in [3.63, 3.8) is 0 Å². The molecule has 1 amide bonds. The molecule has 5 nitrogen and oxygen atoms in total. The molecule has 0 aliphatic heterocycles. The molecule has 0 fully saturated rings. The second kappa shape index (κ2) is 10.9. The molecule has 0 atom stereocenters. The van der Waals surface area contributed by atoms with Gasteiger partial charge >= 0.3 is 0 Å². The summed E-state index contributed by atoms with van der Waals surface area (Å²) >= 11 is 1.69. The average Bonchev–Trinajstić information content (AvgIpc) is 3.17. The molecule has 1 heterocycles. The fourth-order valence-electron chi connectivity index (χ4n) is 2.85. The first-order valence-electron chi connectivity index (χ1n) is 9.36. The molecule has 2 rings (SSSR count). The van der Waals surface area contributed by atoms with Gasteiger partial charge in [-0.1, -0.05) is 26.0 Å². The standard InChI is InChI=1S/C21H30N2O3S/c1-16(2)13-22-14-21(24)23(15-18-6-5-11-27-18)10-9-17-7-8-19(25-3)20(12-17)26-4/h5-8,11-12,16,22H,9-10,13-15H2,1-4H3/p+1. The van der Waals surface area contributed by atoms with Crippen LogP contribution in [-0.2, 0) is 17.8 Å². The van der Waals surface area contributed by atoms with Crippen LogP contribution < -0.4 is 14.8 Å². The molecule has 1 aromatic heterocycles. The van der Waals surface area contributed by atoms with E-state index in [4.69, 9.17) is 9.47 Å². The van der Waals surface area contributed by atoms with Crippen molar-refractivity contribution in [3.8, 4) is 11.5 Å². The van der Waals surface area contributed by atoms with Crippen molar-refractivity contribution in [2.24, 2.45) is 5.92 Å². The number of methoxy groups -OCH3 is 2. The van der Waals surface area contributed by atoms with Crippen LogP contribution in [0.4, 0.5) is 0 Å². The summed E-state index contributed by atoms with van der Waals surface area (Å²) in [7, 11) is 3.27. The van der Waals surface area contributed by atoms with E-state index in [1.807, 2.05) is 29.2 Å². The van der Waals surface area contributed by atoms with E-state index in [0.717, 1.165) is 30.0 Å². The number of quaternary nitrogens is 1. The van der Waals surface area contributed by atoms with Crippen LogP contribution in [0.3, 0.4) is 0 Å². The molecule has 0 aliphatic carbocycles. The summed E-state index contributed by atoms with van der Waals surface area (Å²) in [6.45, 7) is 7.15. The Morgan fingerprint density at radius 2 is 1.96 bits per heavy atom. The van der Waals surface area contributed by atoms with Gasteiger partial charge in [-0.15, -0.1) is 11.3 Å². The Bertz CT molecular complexity index is 701. The van der Waals surface area contributed by atoms with Gasteiger partial charge < -0.3 is 19.7 Å². The van der Waals surface area contributed by atoms with Gasteiger partial charge in [-0.2, -0.15) is 0 Å². The highest BCUT2D eigenvalue weighted by atomic mass is 32.1. The summed E-state index contributed by atoms with van der Waals surface area (Å²) in [5, 5.41) is 4.15. The lowest BCUT2D eigenvalue weighted by molar-refractivity contribution is -0.649. The number of hydrogen-bond donors (Lipinski definition) is 1. The molecular formula is C21H31N2O3S+. The molecule has 6 heteroatoms. The number of carbonyl (C=O) groups is 1. The minimum Gasteiger partial charge on any atom is -0.493 e. The first-order valence-corrected chi connectivity index (χ1v) is 10.2. The number of hydrogen-bond acceptors (Lipinski definition) is 4. The van der Waals surface area contributed by atoms with E-state index in [0.29, 0.717) is 25.6 Å². The lowest BCUT2D eigenvalue weighted by atomic mass is 10.1. The smallest absolute Gasteiger partial charge is 0.278 e. The van der Waals surface area contributed by atoms with E-state index in [-0.39, 0.29) is 5.91 Å². The average molecular weight is 392 g/mol. The van der Waals surface area contributed by atoms with Crippen molar-refractivity contribution in [1.29, 1.82) is 0 Å². The number of rotatable bonds is 11. The highest BCUT2D eigenvalue weighted by Gasteiger charge is 2.17. The molecule has 148 valence electrons. The lowest BCUT2D eigenvalue weighted by Gasteiger charge is -2.22. The Morgan fingerprint density at radius 3 is 2.59 bits per heavy atom.